The van der Waals surface area contributed by atoms with E-state index in [2.05, 4.69) is 39.8 Å². The normalized spacial score (nSPS) is 29.0. The van der Waals surface area contributed by atoms with Gasteiger partial charge in [-0.1, -0.05) is 12.2 Å². The van der Waals surface area contributed by atoms with Gasteiger partial charge in [-0.2, -0.15) is 10.1 Å². The minimum atomic E-state index is -0.443. The van der Waals surface area contributed by atoms with Crippen LogP contribution in [-0.4, -0.2) is 34.6 Å². The molecule has 0 unspecified atom stereocenters. The van der Waals surface area contributed by atoms with Gasteiger partial charge in [0, 0.05) is 12.1 Å². The summed E-state index contributed by atoms with van der Waals surface area (Å²) in [6, 6.07) is 9.79. The highest BCUT2D eigenvalue weighted by Gasteiger charge is 2.67. The van der Waals surface area contributed by atoms with Gasteiger partial charge < -0.3 is 9.47 Å². The fourth-order valence-corrected chi connectivity index (χ4v) is 6.90. The first-order chi connectivity index (χ1) is 17.9. The lowest BCUT2D eigenvalue weighted by molar-refractivity contribution is -0.384. The fourth-order valence-electron chi connectivity index (χ4n) is 6.11. The number of rotatable bonds is 8. The molecule has 2 amide bonds. The lowest BCUT2D eigenvalue weighted by Gasteiger charge is -2.37. The first-order valence-electron chi connectivity index (χ1n) is 12.3. The summed E-state index contributed by atoms with van der Waals surface area (Å²) in [4.78, 5) is 36.8. The average Bonchev–Trinajstić information content (AvgIpc) is 3.67. The van der Waals surface area contributed by atoms with Crippen molar-refractivity contribution in [1.82, 2.24) is 5.01 Å². The summed E-state index contributed by atoms with van der Waals surface area (Å²) in [6.45, 7) is 2.48. The van der Waals surface area contributed by atoms with Gasteiger partial charge in [0.1, 0.15) is 6.61 Å². The highest BCUT2D eigenvalue weighted by atomic mass is 127. The van der Waals surface area contributed by atoms with Crippen molar-refractivity contribution in [1.29, 1.82) is 0 Å². The zero-order valence-corrected chi connectivity index (χ0v) is 22.1. The molecule has 0 radical (unpaired) electrons. The summed E-state index contributed by atoms with van der Waals surface area (Å²) in [5.41, 5.74) is 1.48. The molecule has 0 spiro atoms. The van der Waals surface area contributed by atoms with Crippen molar-refractivity contribution < 1.29 is 24.0 Å². The van der Waals surface area contributed by atoms with Gasteiger partial charge in [-0.15, -0.1) is 0 Å². The number of nitro benzene ring substituents is 1. The Morgan fingerprint density at radius 1 is 1.08 bits per heavy atom. The van der Waals surface area contributed by atoms with Crippen LogP contribution >= 0.6 is 22.6 Å². The van der Waals surface area contributed by atoms with E-state index < -0.39 is 4.92 Å². The molecule has 2 aromatic rings. The minimum absolute atomic E-state index is 0.0203. The van der Waals surface area contributed by atoms with Crippen LogP contribution in [0.5, 0.6) is 11.5 Å². The number of halogens is 1. The molecule has 2 aromatic carbocycles. The van der Waals surface area contributed by atoms with E-state index in [-0.39, 0.29) is 47.8 Å². The Labute approximate surface area is 226 Å². The van der Waals surface area contributed by atoms with E-state index in [1.807, 2.05) is 13.0 Å². The van der Waals surface area contributed by atoms with Crippen LogP contribution < -0.4 is 9.47 Å². The average molecular weight is 613 g/mol. The zero-order valence-electron chi connectivity index (χ0n) is 20.0. The predicted octanol–water partition coefficient (Wildman–Crippen LogP) is 4.56. The van der Waals surface area contributed by atoms with Crippen molar-refractivity contribution >= 4 is 46.3 Å². The number of allylic oxidation sites excluding steroid dienone is 2. The third-order valence-electron chi connectivity index (χ3n) is 7.82. The Morgan fingerprint density at radius 2 is 1.73 bits per heavy atom. The lowest BCUT2D eigenvalue weighted by atomic mass is 9.63. The van der Waals surface area contributed by atoms with Crippen LogP contribution in [0.3, 0.4) is 0 Å². The molecular formula is C27H24IN3O6. The van der Waals surface area contributed by atoms with E-state index in [1.165, 1.54) is 18.3 Å². The third kappa shape index (κ3) is 4.11. The SMILES string of the molecule is CCOc1cc(/C=N\N2C(=O)[C@@H]3[C@H]4C=C[C@@H]([C@@H]5C[C@H]45)[C@H]3C2=O)cc(I)c1OCc1ccc([N+](=O)[O-])cc1. The summed E-state index contributed by atoms with van der Waals surface area (Å²) in [7, 11) is 0. The van der Waals surface area contributed by atoms with E-state index in [0.717, 1.165) is 20.6 Å². The molecule has 6 atom stereocenters. The van der Waals surface area contributed by atoms with Crippen LogP contribution in [0.25, 0.3) is 0 Å². The number of non-ortho nitro benzene ring substituents is 1. The maximum atomic E-state index is 13.2. The van der Waals surface area contributed by atoms with Crippen molar-refractivity contribution in [3.8, 4) is 11.5 Å². The molecule has 2 bridgehead atoms. The molecule has 2 saturated carbocycles. The first kappa shape index (κ1) is 24.1. The van der Waals surface area contributed by atoms with Crippen molar-refractivity contribution in [3.05, 3.63) is 73.4 Å². The van der Waals surface area contributed by atoms with Crippen LogP contribution in [0.1, 0.15) is 24.5 Å². The standard InChI is InChI=1S/C27H24IN3O6/c1-2-36-22-10-15(9-21(28)25(22)37-13-14-3-5-16(6-4-14)31(34)35)12-29-30-26(32)23-17-7-8-18(20-11-19(17)20)24(23)27(30)33/h3-10,12,17-20,23-24H,2,11,13H2,1H3/b29-12-/t17-,18-,19-,20+,23+,24+/m0/s1. The number of carbonyl (C=O) groups is 2. The second-order valence-electron chi connectivity index (χ2n) is 9.86. The number of carbonyl (C=O) groups excluding carboxylic acids is 2. The molecule has 7 rings (SSSR count). The number of imide groups is 1. The van der Waals surface area contributed by atoms with Crippen molar-refractivity contribution in [3.63, 3.8) is 0 Å². The number of benzene rings is 2. The van der Waals surface area contributed by atoms with Gasteiger partial charge in [-0.05, 0) is 95.0 Å². The van der Waals surface area contributed by atoms with Gasteiger partial charge in [0.05, 0.1) is 33.2 Å². The number of hydrogen-bond donors (Lipinski definition) is 0. The van der Waals surface area contributed by atoms with E-state index in [4.69, 9.17) is 9.47 Å². The van der Waals surface area contributed by atoms with Gasteiger partial charge in [0.15, 0.2) is 11.5 Å². The molecule has 9 nitrogen and oxygen atoms in total. The largest absolute Gasteiger partial charge is 0.490 e. The smallest absolute Gasteiger partial charge is 0.269 e. The van der Waals surface area contributed by atoms with Crippen LogP contribution in [0, 0.1) is 49.2 Å². The van der Waals surface area contributed by atoms with E-state index in [9.17, 15) is 19.7 Å². The van der Waals surface area contributed by atoms with Crippen molar-refractivity contribution in [2.75, 3.05) is 6.61 Å². The molecule has 0 aromatic heterocycles. The molecule has 4 aliphatic carbocycles. The van der Waals surface area contributed by atoms with Gasteiger partial charge >= 0.3 is 0 Å². The molecule has 3 fully saturated rings. The molecular weight excluding hydrogens is 589 g/mol. The molecule has 1 heterocycles. The lowest BCUT2D eigenvalue weighted by Crippen LogP contribution is -2.40. The highest BCUT2D eigenvalue weighted by Crippen LogP contribution is 2.65. The molecule has 190 valence electrons. The quantitative estimate of drug-likeness (QED) is 0.108. The molecule has 5 aliphatic rings. The number of nitrogens with zero attached hydrogens (tertiary/aromatic N) is 3. The predicted molar refractivity (Wildman–Crippen MR) is 142 cm³/mol. The molecule has 37 heavy (non-hydrogen) atoms. The number of amides is 2. The topological polar surface area (TPSA) is 111 Å². The zero-order chi connectivity index (χ0) is 25.8. The minimum Gasteiger partial charge on any atom is -0.490 e. The maximum absolute atomic E-state index is 13.2. The maximum Gasteiger partial charge on any atom is 0.269 e. The van der Waals surface area contributed by atoms with Crippen molar-refractivity contribution in [2.45, 2.75) is 20.0 Å². The van der Waals surface area contributed by atoms with Gasteiger partial charge in [0.2, 0.25) is 0 Å². The van der Waals surface area contributed by atoms with Gasteiger partial charge in [-0.3, -0.25) is 19.7 Å². The summed E-state index contributed by atoms with van der Waals surface area (Å²) >= 11 is 2.14. The molecule has 0 N–H and O–H groups in total. The Kier molecular flexibility index (Phi) is 6.01. The number of nitro groups is 1. The first-order valence-corrected chi connectivity index (χ1v) is 13.4. The van der Waals surface area contributed by atoms with E-state index >= 15 is 0 Å². The molecule has 10 heteroatoms. The van der Waals surface area contributed by atoms with Crippen LogP contribution in [0.15, 0.2) is 53.7 Å². The third-order valence-corrected chi connectivity index (χ3v) is 8.63. The Balaban J connectivity index is 1.19. The monoisotopic (exact) mass is 613 g/mol. The Bertz CT molecular complexity index is 1320. The second kappa shape index (κ2) is 9.23. The van der Waals surface area contributed by atoms with Crippen LogP contribution in [0.4, 0.5) is 5.69 Å². The number of hydrazone groups is 1. The van der Waals surface area contributed by atoms with Crippen LogP contribution in [-0.2, 0) is 16.2 Å². The van der Waals surface area contributed by atoms with Crippen LogP contribution in [0.2, 0.25) is 0 Å². The van der Waals surface area contributed by atoms with Gasteiger partial charge in [0.25, 0.3) is 17.5 Å². The van der Waals surface area contributed by atoms with Crippen molar-refractivity contribution in [2.24, 2.45) is 40.6 Å². The second-order valence-corrected chi connectivity index (χ2v) is 11.0. The summed E-state index contributed by atoms with van der Waals surface area (Å²) in [6.07, 6.45) is 6.93. The Morgan fingerprint density at radius 3 is 2.32 bits per heavy atom. The van der Waals surface area contributed by atoms with Gasteiger partial charge in [-0.25, -0.2) is 0 Å². The molecule has 1 aliphatic heterocycles. The van der Waals surface area contributed by atoms with E-state index in [1.54, 1.807) is 18.2 Å². The number of ether oxygens (including phenoxy) is 2. The fraction of sp³-hybridized carbons (Fsp3) is 0.370. The van der Waals surface area contributed by atoms with E-state index in [0.29, 0.717) is 35.5 Å². The Hall–Kier alpha value is -3.28. The molecule has 1 saturated heterocycles. The summed E-state index contributed by atoms with van der Waals surface area (Å²) < 4.78 is 12.6. The summed E-state index contributed by atoms with van der Waals surface area (Å²) in [5.74, 6) is 1.51. The summed E-state index contributed by atoms with van der Waals surface area (Å²) in [5, 5.41) is 16.3. The highest BCUT2D eigenvalue weighted by molar-refractivity contribution is 14.1. The number of hydrogen-bond acceptors (Lipinski definition) is 7.